The molecule has 1 rings (SSSR count). The van der Waals surface area contributed by atoms with Gasteiger partial charge in [-0.1, -0.05) is 0 Å². The summed E-state index contributed by atoms with van der Waals surface area (Å²) >= 11 is 0. The van der Waals surface area contributed by atoms with Crippen molar-refractivity contribution in [1.82, 2.24) is 9.97 Å². The van der Waals surface area contributed by atoms with Crippen LogP contribution in [0.2, 0.25) is 0 Å². The molecule has 1 aromatic heterocycles. The summed E-state index contributed by atoms with van der Waals surface area (Å²) in [5.41, 5.74) is -1.89. The van der Waals surface area contributed by atoms with Gasteiger partial charge >= 0.3 is 11.9 Å². The molecule has 0 saturated heterocycles. The molecular weight excluding hydrogens is 201 g/mol. The summed E-state index contributed by atoms with van der Waals surface area (Å²) in [5, 5.41) is 0. The van der Waals surface area contributed by atoms with E-state index in [1.807, 2.05) is 4.98 Å². The van der Waals surface area contributed by atoms with Crippen molar-refractivity contribution in [2.75, 3.05) is 0 Å². The van der Waals surface area contributed by atoms with Crippen LogP contribution in [-0.4, -0.2) is 16.1 Å². The lowest BCUT2D eigenvalue weighted by Gasteiger charge is -1.96. The van der Waals surface area contributed by atoms with Crippen molar-refractivity contribution >= 4 is 6.08 Å². The van der Waals surface area contributed by atoms with E-state index in [1.165, 1.54) is 0 Å². The van der Waals surface area contributed by atoms with Crippen LogP contribution < -0.4 is 11.2 Å². The number of H-pyrrole nitrogens is 2. The maximum atomic E-state index is 11.7. The average Bonchev–Trinajstić information content (AvgIpc) is 2.00. The minimum absolute atomic E-state index is 0.0874. The number of hydrogen-bond donors (Lipinski definition) is 2. The molecule has 0 unspecified atom stereocenters. The molecule has 0 atom stereocenters. The summed E-state index contributed by atoms with van der Waals surface area (Å²) in [6.45, 7) is 0. The van der Waals surface area contributed by atoms with E-state index in [0.29, 0.717) is 6.08 Å². The zero-order valence-corrected chi connectivity index (χ0v) is 6.68. The third-order valence-corrected chi connectivity index (χ3v) is 1.30. The highest BCUT2D eigenvalue weighted by Crippen LogP contribution is 2.16. The van der Waals surface area contributed by atoms with Gasteiger partial charge in [0, 0.05) is 12.3 Å². The lowest BCUT2D eigenvalue weighted by Crippen LogP contribution is -2.23. The van der Waals surface area contributed by atoms with Crippen LogP contribution in [0.3, 0.4) is 0 Å². The lowest BCUT2D eigenvalue weighted by molar-refractivity contribution is -0.0790. The van der Waals surface area contributed by atoms with Gasteiger partial charge in [0.1, 0.15) is 0 Å². The van der Waals surface area contributed by atoms with E-state index in [0.717, 1.165) is 6.20 Å². The molecule has 0 aliphatic rings. The van der Waals surface area contributed by atoms with Crippen molar-refractivity contribution in [3.63, 3.8) is 0 Å². The van der Waals surface area contributed by atoms with E-state index < -0.39 is 17.4 Å². The second kappa shape index (κ2) is 3.52. The summed E-state index contributed by atoms with van der Waals surface area (Å²) in [5.74, 6) is 0. The molecule has 0 spiro atoms. The first-order chi connectivity index (χ1) is 6.38. The minimum Gasteiger partial charge on any atom is -0.314 e. The fourth-order valence-corrected chi connectivity index (χ4v) is 0.728. The van der Waals surface area contributed by atoms with Gasteiger partial charge in [0.15, 0.2) is 0 Å². The number of aromatic amines is 2. The maximum Gasteiger partial charge on any atom is 0.409 e. The van der Waals surface area contributed by atoms with Crippen LogP contribution in [0.25, 0.3) is 6.08 Å². The van der Waals surface area contributed by atoms with Crippen LogP contribution >= 0.6 is 0 Å². The Morgan fingerprint density at radius 1 is 1.29 bits per heavy atom. The third kappa shape index (κ3) is 2.92. The number of aromatic nitrogens is 2. The molecule has 1 heterocycles. The number of alkyl halides is 3. The van der Waals surface area contributed by atoms with Gasteiger partial charge in [-0.15, -0.1) is 0 Å². The number of allylic oxidation sites excluding steroid dienone is 1. The Morgan fingerprint density at radius 2 is 1.93 bits per heavy atom. The fourth-order valence-electron chi connectivity index (χ4n) is 0.728. The molecular formula is C7H5F3N2O2. The Hall–Kier alpha value is -1.79. The average molecular weight is 206 g/mol. The molecule has 1 aromatic rings. The Kier molecular flexibility index (Phi) is 2.59. The molecule has 0 radical (unpaired) electrons. The van der Waals surface area contributed by atoms with Crippen molar-refractivity contribution in [3.8, 4) is 0 Å². The zero-order chi connectivity index (χ0) is 10.8. The smallest absolute Gasteiger partial charge is 0.314 e. The Labute approximate surface area is 75.1 Å². The van der Waals surface area contributed by atoms with Crippen molar-refractivity contribution in [2.24, 2.45) is 0 Å². The van der Waals surface area contributed by atoms with E-state index in [1.54, 1.807) is 4.98 Å². The largest absolute Gasteiger partial charge is 0.409 e. The van der Waals surface area contributed by atoms with Gasteiger partial charge in [0.05, 0.1) is 5.56 Å². The molecule has 0 aliphatic heterocycles. The van der Waals surface area contributed by atoms with E-state index >= 15 is 0 Å². The first-order valence-electron chi connectivity index (χ1n) is 3.46. The molecule has 7 heteroatoms. The highest BCUT2D eigenvalue weighted by molar-refractivity contribution is 5.46. The monoisotopic (exact) mass is 206 g/mol. The molecule has 4 nitrogen and oxygen atoms in total. The molecule has 0 aliphatic carbocycles. The standard InChI is InChI=1S/C7H5F3N2O2/c8-7(9,10)2-1-4-3-11-6(14)12-5(4)13/h1-3H,(H2,11,12,13,14)/b2-1+. The first-order valence-corrected chi connectivity index (χ1v) is 3.46. The summed E-state index contributed by atoms with van der Waals surface area (Å²) in [7, 11) is 0. The van der Waals surface area contributed by atoms with Gasteiger partial charge in [0.25, 0.3) is 5.56 Å². The molecule has 0 aromatic carbocycles. The second-order valence-corrected chi connectivity index (χ2v) is 2.40. The topological polar surface area (TPSA) is 65.7 Å². The van der Waals surface area contributed by atoms with Crippen LogP contribution in [0.1, 0.15) is 5.56 Å². The van der Waals surface area contributed by atoms with Crippen molar-refractivity contribution in [3.05, 3.63) is 38.7 Å². The van der Waals surface area contributed by atoms with Crippen LogP contribution in [0.5, 0.6) is 0 Å². The summed E-state index contributed by atoms with van der Waals surface area (Å²) in [6.07, 6.45) is -3.09. The summed E-state index contributed by atoms with van der Waals surface area (Å²) in [6, 6.07) is 0. The predicted molar refractivity (Wildman–Crippen MR) is 42.8 cm³/mol. The lowest BCUT2D eigenvalue weighted by atomic mass is 10.3. The number of rotatable bonds is 1. The molecule has 0 fully saturated rings. The second-order valence-electron chi connectivity index (χ2n) is 2.40. The van der Waals surface area contributed by atoms with Crippen molar-refractivity contribution in [1.29, 1.82) is 0 Å². The Bertz CT molecular complexity index is 455. The number of hydrogen-bond acceptors (Lipinski definition) is 2. The number of halogens is 3. The Morgan fingerprint density at radius 3 is 2.43 bits per heavy atom. The molecule has 0 amide bonds. The van der Waals surface area contributed by atoms with Crippen LogP contribution in [0.15, 0.2) is 21.9 Å². The van der Waals surface area contributed by atoms with Gasteiger partial charge in [-0.25, -0.2) is 4.79 Å². The molecule has 76 valence electrons. The van der Waals surface area contributed by atoms with Gasteiger partial charge in [-0.3, -0.25) is 9.78 Å². The van der Waals surface area contributed by atoms with E-state index in [-0.39, 0.29) is 11.6 Å². The third-order valence-electron chi connectivity index (χ3n) is 1.30. The summed E-state index contributed by atoms with van der Waals surface area (Å²) < 4.78 is 35.0. The zero-order valence-electron chi connectivity index (χ0n) is 6.68. The van der Waals surface area contributed by atoms with E-state index in [2.05, 4.69) is 0 Å². The van der Waals surface area contributed by atoms with Gasteiger partial charge in [-0.2, -0.15) is 13.2 Å². The van der Waals surface area contributed by atoms with Crippen molar-refractivity contribution < 1.29 is 13.2 Å². The van der Waals surface area contributed by atoms with Gasteiger partial charge in [-0.05, 0) is 6.08 Å². The number of nitrogens with one attached hydrogen (secondary N) is 2. The SMILES string of the molecule is O=c1[nH]cc(/C=C/C(F)(F)F)c(=O)[nH]1. The molecule has 14 heavy (non-hydrogen) atoms. The molecule has 0 saturated carbocycles. The van der Waals surface area contributed by atoms with Crippen molar-refractivity contribution in [2.45, 2.75) is 6.18 Å². The molecule has 2 N–H and O–H groups in total. The molecule has 0 bridgehead atoms. The van der Waals surface area contributed by atoms with E-state index in [9.17, 15) is 22.8 Å². The van der Waals surface area contributed by atoms with E-state index in [4.69, 9.17) is 0 Å². The van der Waals surface area contributed by atoms with Gasteiger partial charge < -0.3 is 4.98 Å². The highest BCUT2D eigenvalue weighted by Gasteiger charge is 2.21. The fraction of sp³-hybridized carbons (Fsp3) is 0.143. The predicted octanol–water partition coefficient (Wildman–Crippen LogP) is 0.639. The van der Waals surface area contributed by atoms with Gasteiger partial charge in [0.2, 0.25) is 0 Å². The van der Waals surface area contributed by atoms with Crippen LogP contribution in [0.4, 0.5) is 13.2 Å². The first kappa shape index (κ1) is 10.3. The quantitative estimate of drug-likeness (QED) is 0.708. The maximum absolute atomic E-state index is 11.7. The Balaban J connectivity index is 3.05. The van der Waals surface area contributed by atoms with Crippen LogP contribution in [0, 0.1) is 0 Å². The van der Waals surface area contributed by atoms with Crippen LogP contribution in [-0.2, 0) is 0 Å². The minimum atomic E-state index is -4.48. The highest BCUT2D eigenvalue weighted by atomic mass is 19.4. The summed E-state index contributed by atoms with van der Waals surface area (Å²) in [4.78, 5) is 25.2. The normalized spacial score (nSPS) is 12.2.